The van der Waals surface area contributed by atoms with Gasteiger partial charge in [-0.05, 0) is 34.9 Å². The molecule has 5 rings (SSSR count). The van der Waals surface area contributed by atoms with Gasteiger partial charge in [-0.1, -0.05) is 72.8 Å². The lowest BCUT2D eigenvalue weighted by molar-refractivity contribution is 0.230. The van der Waals surface area contributed by atoms with E-state index < -0.39 is 0 Å². The predicted molar refractivity (Wildman–Crippen MR) is 109 cm³/mol. The first kappa shape index (κ1) is 16.7. The molecule has 3 aromatic carbocycles. The van der Waals surface area contributed by atoms with Gasteiger partial charge < -0.3 is 4.74 Å². The molecule has 1 aliphatic rings. The van der Waals surface area contributed by atoms with Gasteiger partial charge >= 0.3 is 0 Å². The van der Waals surface area contributed by atoms with Crippen molar-refractivity contribution >= 4 is 0 Å². The van der Waals surface area contributed by atoms with Crippen LogP contribution >= 0.6 is 0 Å². The predicted octanol–water partition coefficient (Wildman–Crippen LogP) is 6.23. The summed E-state index contributed by atoms with van der Waals surface area (Å²) in [6.07, 6.45) is 0.442. The standard InChI is InChI=1S/C25H18FNO/c26-20-13-7-12-19(14-20)24-16-22-21(17-8-3-1-4-9-17)15-23(27-25(22)28-24)18-10-5-2-6-11-18/h1-15,24H,16H2. The van der Waals surface area contributed by atoms with Crippen molar-refractivity contribution in [2.24, 2.45) is 0 Å². The number of fused-ring (bicyclic) bond motifs is 1. The zero-order chi connectivity index (χ0) is 18.9. The van der Waals surface area contributed by atoms with Crippen molar-refractivity contribution in [3.8, 4) is 28.3 Å². The molecule has 1 atom stereocenters. The summed E-state index contributed by atoms with van der Waals surface area (Å²) in [7, 11) is 0. The number of aromatic nitrogens is 1. The molecule has 2 heterocycles. The second kappa shape index (κ2) is 6.93. The molecular weight excluding hydrogens is 349 g/mol. The highest BCUT2D eigenvalue weighted by molar-refractivity contribution is 5.76. The van der Waals surface area contributed by atoms with Crippen LogP contribution < -0.4 is 4.74 Å². The molecule has 0 fully saturated rings. The Hall–Kier alpha value is -3.46. The second-order valence-corrected chi connectivity index (χ2v) is 6.94. The Morgan fingerprint density at radius 1 is 0.786 bits per heavy atom. The second-order valence-electron chi connectivity index (χ2n) is 6.94. The first-order chi connectivity index (χ1) is 13.8. The topological polar surface area (TPSA) is 22.1 Å². The molecule has 1 unspecified atom stereocenters. The molecule has 0 bridgehead atoms. The van der Waals surface area contributed by atoms with Crippen molar-refractivity contribution in [2.45, 2.75) is 12.5 Å². The van der Waals surface area contributed by atoms with E-state index in [1.54, 1.807) is 6.07 Å². The number of rotatable bonds is 3. The van der Waals surface area contributed by atoms with Crippen LogP contribution in [0, 0.1) is 5.82 Å². The van der Waals surface area contributed by atoms with E-state index in [2.05, 4.69) is 18.2 Å². The number of halogens is 1. The molecule has 3 heteroatoms. The van der Waals surface area contributed by atoms with E-state index in [1.165, 1.54) is 12.1 Å². The Labute approximate surface area is 163 Å². The molecule has 1 aromatic heterocycles. The largest absolute Gasteiger partial charge is 0.469 e. The zero-order valence-electron chi connectivity index (χ0n) is 15.2. The minimum Gasteiger partial charge on any atom is -0.469 e. The van der Waals surface area contributed by atoms with E-state index in [1.807, 2.05) is 54.6 Å². The Bertz CT molecular complexity index is 1130. The van der Waals surface area contributed by atoms with Crippen LogP contribution in [0.1, 0.15) is 17.2 Å². The molecule has 0 spiro atoms. The summed E-state index contributed by atoms with van der Waals surface area (Å²) in [4.78, 5) is 4.79. The van der Waals surface area contributed by atoms with Crippen LogP contribution in [0.2, 0.25) is 0 Å². The highest BCUT2D eigenvalue weighted by Gasteiger charge is 2.29. The van der Waals surface area contributed by atoms with Crippen LogP contribution in [0.3, 0.4) is 0 Å². The van der Waals surface area contributed by atoms with Gasteiger partial charge in [0, 0.05) is 17.5 Å². The SMILES string of the molecule is Fc1cccc(C2Cc3c(-c4ccccc4)cc(-c4ccccc4)nc3O2)c1. The van der Waals surface area contributed by atoms with E-state index in [0.717, 1.165) is 33.5 Å². The molecule has 28 heavy (non-hydrogen) atoms. The van der Waals surface area contributed by atoms with Gasteiger partial charge in [0.05, 0.1) is 5.69 Å². The van der Waals surface area contributed by atoms with Gasteiger partial charge in [-0.2, -0.15) is 0 Å². The Kier molecular flexibility index (Phi) is 4.13. The summed E-state index contributed by atoms with van der Waals surface area (Å²) in [5.74, 6) is 0.382. The third-order valence-electron chi connectivity index (χ3n) is 5.10. The van der Waals surface area contributed by atoms with Crippen LogP contribution in [0.4, 0.5) is 4.39 Å². The molecular formula is C25H18FNO. The molecule has 0 N–H and O–H groups in total. The van der Waals surface area contributed by atoms with E-state index in [0.29, 0.717) is 12.3 Å². The molecule has 136 valence electrons. The zero-order valence-corrected chi connectivity index (χ0v) is 15.2. The van der Waals surface area contributed by atoms with Crippen molar-refractivity contribution in [1.29, 1.82) is 0 Å². The monoisotopic (exact) mass is 367 g/mol. The maximum absolute atomic E-state index is 13.7. The van der Waals surface area contributed by atoms with Gasteiger partial charge in [0.1, 0.15) is 11.9 Å². The van der Waals surface area contributed by atoms with E-state index in [4.69, 9.17) is 9.72 Å². The van der Waals surface area contributed by atoms with Gasteiger partial charge in [0.15, 0.2) is 0 Å². The maximum atomic E-state index is 13.7. The Balaban J connectivity index is 1.63. The fraction of sp³-hybridized carbons (Fsp3) is 0.0800. The lowest BCUT2D eigenvalue weighted by atomic mass is 9.95. The average Bonchev–Trinajstić information content (AvgIpc) is 3.19. The first-order valence-corrected chi connectivity index (χ1v) is 9.35. The van der Waals surface area contributed by atoms with Crippen molar-refractivity contribution in [1.82, 2.24) is 4.98 Å². The van der Waals surface area contributed by atoms with Gasteiger partial charge in [-0.3, -0.25) is 0 Å². The van der Waals surface area contributed by atoms with Crippen LogP contribution in [0.25, 0.3) is 22.4 Å². The average molecular weight is 367 g/mol. The Morgan fingerprint density at radius 2 is 1.50 bits per heavy atom. The van der Waals surface area contributed by atoms with Gasteiger partial charge in [-0.15, -0.1) is 0 Å². The summed E-state index contributed by atoms with van der Waals surface area (Å²) in [5.41, 5.74) is 6.06. The highest BCUT2D eigenvalue weighted by atomic mass is 19.1. The van der Waals surface area contributed by atoms with Crippen molar-refractivity contribution in [3.63, 3.8) is 0 Å². The van der Waals surface area contributed by atoms with Crippen LogP contribution in [-0.4, -0.2) is 4.98 Å². The van der Waals surface area contributed by atoms with E-state index in [-0.39, 0.29) is 11.9 Å². The highest BCUT2D eigenvalue weighted by Crippen LogP contribution is 2.42. The number of pyridine rings is 1. The summed E-state index contributed by atoms with van der Waals surface area (Å²) < 4.78 is 19.9. The first-order valence-electron chi connectivity index (χ1n) is 9.35. The lowest BCUT2D eigenvalue weighted by Gasteiger charge is -2.11. The molecule has 0 aliphatic carbocycles. The van der Waals surface area contributed by atoms with E-state index >= 15 is 0 Å². The maximum Gasteiger partial charge on any atom is 0.218 e. The normalized spacial score (nSPS) is 15.1. The fourth-order valence-corrected chi connectivity index (χ4v) is 3.73. The quantitative estimate of drug-likeness (QED) is 0.428. The number of nitrogens with zero attached hydrogens (tertiary/aromatic N) is 1. The molecule has 1 aliphatic heterocycles. The lowest BCUT2D eigenvalue weighted by Crippen LogP contribution is -2.03. The van der Waals surface area contributed by atoms with Gasteiger partial charge in [-0.25, -0.2) is 9.37 Å². The Morgan fingerprint density at radius 3 is 2.21 bits per heavy atom. The summed E-state index contributed by atoms with van der Waals surface area (Å²) in [5, 5.41) is 0. The molecule has 4 aromatic rings. The third kappa shape index (κ3) is 3.05. The molecule has 0 saturated heterocycles. The summed E-state index contributed by atoms with van der Waals surface area (Å²) in [6.45, 7) is 0. The number of benzene rings is 3. The minimum atomic E-state index is -0.252. The smallest absolute Gasteiger partial charge is 0.218 e. The molecule has 0 amide bonds. The van der Waals surface area contributed by atoms with Crippen molar-refractivity contribution in [3.05, 3.63) is 108 Å². The molecule has 0 saturated carbocycles. The van der Waals surface area contributed by atoms with Crippen molar-refractivity contribution < 1.29 is 9.13 Å². The van der Waals surface area contributed by atoms with Crippen LogP contribution in [0.15, 0.2) is 91.0 Å². The summed E-state index contributed by atoms with van der Waals surface area (Å²) >= 11 is 0. The summed E-state index contributed by atoms with van der Waals surface area (Å²) in [6, 6.07) is 29.1. The third-order valence-corrected chi connectivity index (χ3v) is 5.10. The van der Waals surface area contributed by atoms with Gasteiger partial charge in [0.2, 0.25) is 5.88 Å². The fourth-order valence-electron chi connectivity index (χ4n) is 3.73. The molecule has 2 nitrogen and oxygen atoms in total. The number of ether oxygens (including phenoxy) is 1. The number of hydrogen-bond acceptors (Lipinski definition) is 2. The number of hydrogen-bond donors (Lipinski definition) is 0. The van der Waals surface area contributed by atoms with E-state index in [9.17, 15) is 4.39 Å². The van der Waals surface area contributed by atoms with Crippen molar-refractivity contribution in [2.75, 3.05) is 0 Å². The van der Waals surface area contributed by atoms with Gasteiger partial charge in [0.25, 0.3) is 0 Å². The van der Waals surface area contributed by atoms with Crippen LogP contribution in [-0.2, 0) is 6.42 Å². The van der Waals surface area contributed by atoms with Crippen LogP contribution in [0.5, 0.6) is 5.88 Å². The minimum absolute atomic E-state index is 0.230. The molecule has 0 radical (unpaired) electrons.